The molecule has 0 spiro atoms. The summed E-state index contributed by atoms with van der Waals surface area (Å²) in [6.07, 6.45) is 3.59. The average molecular weight is 257 g/mol. The molecule has 3 rings (SSSR count). The van der Waals surface area contributed by atoms with Crippen molar-refractivity contribution in [2.75, 3.05) is 19.7 Å². The Morgan fingerprint density at radius 3 is 2.79 bits per heavy atom. The molecule has 2 unspecified atom stereocenters. The van der Waals surface area contributed by atoms with E-state index in [1.54, 1.807) is 6.33 Å². The van der Waals surface area contributed by atoms with Crippen molar-refractivity contribution < 1.29 is 5.11 Å². The van der Waals surface area contributed by atoms with Crippen molar-refractivity contribution in [1.82, 2.24) is 14.9 Å². The number of nitrogens with zero attached hydrogens (tertiary/aromatic N) is 2. The zero-order valence-corrected chi connectivity index (χ0v) is 10.9. The van der Waals surface area contributed by atoms with Crippen molar-refractivity contribution in [3.05, 3.63) is 54.1 Å². The molecule has 19 heavy (non-hydrogen) atoms. The van der Waals surface area contributed by atoms with E-state index in [9.17, 15) is 5.11 Å². The Bertz CT molecular complexity index is 497. The number of likely N-dealkylation sites (tertiary alicyclic amines) is 1. The van der Waals surface area contributed by atoms with Crippen LogP contribution in [0, 0.1) is 5.92 Å². The molecular weight excluding hydrogens is 238 g/mol. The molecule has 4 nitrogen and oxygen atoms in total. The van der Waals surface area contributed by atoms with Crippen LogP contribution in [0.1, 0.15) is 17.2 Å². The van der Waals surface area contributed by atoms with E-state index >= 15 is 0 Å². The van der Waals surface area contributed by atoms with Crippen molar-refractivity contribution in [2.24, 2.45) is 5.92 Å². The number of nitrogens with one attached hydrogen (secondary N) is 1. The largest absolute Gasteiger partial charge is 0.396 e. The van der Waals surface area contributed by atoms with E-state index in [-0.39, 0.29) is 6.61 Å². The molecule has 0 radical (unpaired) electrons. The summed E-state index contributed by atoms with van der Waals surface area (Å²) in [6, 6.07) is 10.5. The maximum atomic E-state index is 9.56. The summed E-state index contributed by atoms with van der Waals surface area (Å²) < 4.78 is 0. The molecule has 2 aromatic rings. The number of hydrogen-bond acceptors (Lipinski definition) is 3. The van der Waals surface area contributed by atoms with Crippen molar-refractivity contribution in [1.29, 1.82) is 0 Å². The predicted molar refractivity (Wildman–Crippen MR) is 73.6 cm³/mol. The third-order valence-corrected chi connectivity index (χ3v) is 3.92. The lowest BCUT2D eigenvalue weighted by Crippen LogP contribution is -2.20. The number of hydrogen-bond donors (Lipinski definition) is 2. The van der Waals surface area contributed by atoms with Crippen LogP contribution in [0.15, 0.2) is 42.9 Å². The summed E-state index contributed by atoms with van der Waals surface area (Å²) in [7, 11) is 0. The van der Waals surface area contributed by atoms with E-state index in [4.69, 9.17) is 0 Å². The van der Waals surface area contributed by atoms with Crippen LogP contribution < -0.4 is 0 Å². The van der Waals surface area contributed by atoms with Gasteiger partial charge in [0.15, 0.2) is 0 Å². The van der Waals surface area contributed by atoms with Crippen molar-refractivity contribution in [2.45, 2.75) is 12.5 Å². The Hall–Kier alpha value is -1.65. The monoisotopic (exact) mass is 257 g/mol. The van der Waals surface area contributed by atoms with Crippen molar-refractivity contribution in [3.63, 3.8) is 0 Å². The van der Waals surface area contributed by atoms with Crippen LogP contribution in [0.25, 0.3) is 0 Å². The summed E-state index contributed by atoms with van der Waals surface area (Å²) in [5, 5.41) is 9.56. The molecule has 1 aromatic carbocycles. The minimum absolute atomic E-state index is 0.231. The molecule has 1 fully saturated rings. The maximum Gasteiger partial charge on any atom is 0.0921 e. The lowest BCUT2D eigenvalue weighted by atomic mass is 9.94. The molecule has 1 aromatic heterocycles. The van der Waals surface area contributed by atoms with E-state index in [1.165, 1.54) is 5.56 Å². The van der Waals surface area contributed by atoms with Crippen LogP contribution >= 0.6 is 0 Å². The quantitative estimate of drug-likeness (QED) is 0.875. The smallest absolute Gasteiger partial charge is 0.0921 e. The molecule has 1 aliphatic heterocycles. The van der Waals surface area contributed by atoms with Crippen molar-refractivity contribution in [3.8, 4) is 0 Å². The number of imidazole rings is 1. The summed E-state index contributed by atoms with van der Waals surface area (Å²) in [6.45, 7) is 3.09. The van der Waals surface area contributed by atoms with Gasteiger partial charge < -0.3 is 10.1 Å². The first-order chi connectivity index (χ1) is 9.36. The van der Waals surface area contributed by atoms with Gasteiger partial charge in [-0.1, -0.05) is 30.3 Å². The number of benzene rings is 1. The number of aliphatic hydroxyl groups is 1. The summed E-state index contributed by atoms with van der Waals surface area (Å²) in [5.74, 6) is 0.653. The molecule has 2 atom stereocenters. The van der Waals surface area contributed by atoms with Crippen molar-refractivity contribution >= 4 is 0 Å². The summed E-state index contributed by atoms with van der Waals surface area (Å²) in [4.78, 5) is 9.67. The van der Waals surface area contributed by atoms with Crippen LogP contribution in [-0.4, -0.2) is 39.7 Å². The highest BCUT2D eigenvalue weighted by Crippen LogP contribution is 2.31. The van der Waals surface area contributed by atoms with Gasteiger partial charge in [0.2, 0.25) is 0 Å². The van der Waals surface area contributed by atoms with Gasteiger partial charge in [0, 0.05) is 50.0 Å². The van der Waals surface area contributed by atoms with E-state index < -0.39 is 0 Å². The zero-order valence-electron chi connectivity index (χ0n) is 10.9. The SMILES string of the molecule is OCC1CN(Cc2ccccc2)CC1c1cnc[nH]1. The first kappa shape index (κ1) is 12.4. The summed E-state index contributed by atoms with van der Waals surface area (Å²) in [5.41, 5.74) is 2.46. The zero-order chi connectivity index (χ0) is 13.1. The third-order valence-electron chi connectivity index (χ3n) is 3.92. The van der Waals surface area contributed by atoms with E-state index in [2.05, 4.69) is 39.1 Å². The number of aliphatic hydroxyl groups excluding tert-OH is 1. The fraction of sp³-hybridized carbons (Fsp3) is 0.400. The Labute approximate surface area is 113 Å². The lowest BCUT2D eigenvalue weighted by Gasteiger charge is -2.15. The molecule has 1 aliphatic rings. The highest BCUT2D eigenvalue weighted by Gasteiger charge is 2.33. The Balaban J connectivity index is 1.70. The highest BCUT2D eigenvalue weighted by atomic mass is 16.3. The van der Waals surface area contributed by atoms with Crippen LogP contribution in [-0.2, 0) is 6.54 Å². The number of aromatic nitrogens is 2. The second-order valence-electron chi connectivity index (χ2n) is 5.24. The van der Waals surface area contributed by atoms with Gasteiger partial charge in [-0.25, -0.2) is 4.98 Å². The number of H-pyrrole nitrogens is 1. The van der Waals surface area contributed by atoms with Crippen LogP contribution in [0.5, 0.6) is 0 Å². The number of rotatable bonds is 4. The van der Waals surface area contributed by atoms with Crippen LogP contribution in [0.4, 0.5) is 0 Å². The predicted octanol–water partition coefficient (Wildman–Crippen LogP) is 1.62. The maximum absolute atomic E-state index is 9.56. The first-order valence-corrected chi connectivity index (χ1v) is 6.72. The standard InChI is InChI=1S/C15H19N3O/c19-10-13-8-18(7-12-4-2-1-3-5-12)9-14(13)15-6-16-11-17-15/h1-6,11,13-14,19H,7-10H2,(H,16,17). The Kier molecular flexibility index (Phi) is 3.62. The molecule has 4 heteroatoms. The molecule has 100 valence electrons. The molecule has 0 amide bonds. The molecular formula is C15H19N3O. The Morgan fingerprint density at radius 1 is 1.26 bits per heavy atom. The summed E-state index contributed by atoms with van der Waals surface area (Å²) >= 11 is 0. The molecule has 0 bridgehead atoms. The number of aromatic amines is 1. The van der Waals surface area contributed by atoms with Gasteiger partial charge in [0.05, 0.1) is 6.33 Å². The topological polar surface area (TPSA) is 52.1 Å². The normalized spacial score (nSPS) is 23.8. The van der Waals surface area contributed by atoms with E-state index in [0.717, 1.165) is 25.3 Å². The molecule has 2 heterocycles. The van der Waals surface area contributed by atoms with Gasteiger partial charge in [0.25, 0.3) is 0 Å². The van der Waals surface area contributed by atoms with Gasteiger partial charge in [-0.05, 0) is 5.56 Å². The van der Waals surface area contributed by atoms with E-state index in [1.807, 2.05) is 12.3 Å². The fourth-order valence-corrected chi connectivity index (χ4v) is 2.94. The highest BCUT2D eigenvalue weighted by molar-refractivity contribution is 5.16. The van der Waals surface area contributed by atoms with Gasteiger partial charge in [-0.2, -0.15) is 0 Å². The fourth-order valence-electron chi connectivity index (χ4n) is 2.94. The van der Waals surface area contributed by atoms with Gasteiger partial charge in [0.1, 0.15) is 0 Å². The lowest BCUT2D eigenvalue weighted by molar-refractivity contribution is 0.213. The second-order valence-corrected chi connectivity index (χ2v) is 5.24. The van der Waals surface area contributed by atoms with Crippen LogP contribution in [0.2, 0.25) is 0 Å². The van der Waals surface area contributed by atoms with Gasteiger partial charge in [-0.15, -0.1) is 0 Å². The van der Waals surface area contributed by atoms with Gasteiger partial charge >= 0.3 is 0 Å². The minimum Gasteiger partial charge on any atom is -0.396 e. The molecule has 1 saturated heterocycles. The Morgan fingerprint density at radius 2 is 2.11 bits per heavy atom. The van der Waals surface area contributed by atoms with Gasteiger partial charge in [-0.3, -0.25) is 4.90 Å². The molecule has 0 saturated carbocycles. The molecule has 0 aliphatic carbocycles. The average Bonchev–Trinajstić information content (AvgIpc) is 3.08. The first-order valence-electron chi connectivity index (χ1n) is 6.72. The minimum atomic E-state index is 0.231. The van der Waals surface area contributed by atoms with E-state index in [0.29, 0.717) is 11.8 Å². The van der Waals surface area contributed by atoms with Crippen LogP contribution in [0.3, 0.4) is 0 Å². The third kappa shape index (κ3) is 2.69. The second kappa shape index (κ2) is 5.55. The molecule has 2 N–H and O–H groups in total.